The summed E-state index contributed by atoms with van der Waals surface area (Å²) >= 11 is 0. The minimum absolute atomic E-state index is 0.0903. The van der Waals surface area contributed by atoms with E-state index in [0.717, 1.165) is 16.8 Å². The van der Waals surface area contributed by atoms with Crippen LogP contribution in [0.4, 0.5) is 23.4 Å². The lowest BCUT2D eigenvalue weighted by Crippen LogP contribution is -2.60. The number of hydrogen-bond donors (Lipinski definition) is 3. The predicted molar refractivity (Wildman–Crippen MR) is 118 cm³/mol. The average molecular weight is 515 g/mol. The van der Waals surface area contributed by atoms with Crippen LogP contribution >= 0.6 is 0 Å². The predicted octanol–water partition coefficient (Wildman–Crippen LogP) is 2.04. The second-order valence-corrected chi connectivity index (χ2v) is 10.1. The molecule has 1 fully saturated rings. The number of sulfonamides is 1. The molecule has 1 amide bonds. The number of amides is 1. The lowest BCUT2D eigenvalue weighted by molar-refractivity contribution is -0.141. The number of halogens is 4. The molecule has 0 saturated carbocycles. The molecular formula is C20H21F4N7O3S. The van der Waals surface area contributed by atoms with E-state index >= 15 is 0 Å². The molecule has 4 rings (SSSR count). The number of alkyl halides is 3. The summed E-state index contributed by atoms with van der Waals surface area (Å²) in [5.41, 5.74) is -0.694. The van der Waals surface area contributed by atoms with Gasteiger partial charge in [-0.05, 0) is 25.0 Å². The zero-order chi connectivity index (χ0) is 25.4. The maximum absolute atomic E-state index is 14.7. The Kier molecular flexibility index (Phi) is 6.40. The molecule has 15 heteroatoms. The molecule has 3 aromatic rings. The van der Waals surface area contributed by atoms with Crippen LogP contribution in [0, 0.1) is 5.82 Å². The fraction of sp³-hybridized carbons (Fsp3) is 0.400. The fourth-order valence-electron chi connectivity index (χ4n) is 3.91. The first-order valence-corrected chi connectivity index (χ1v) is 12.3. The second kappa shape index (κ2) is 9.03. The molecule has 35 heavy (non-hydrogen) atoms. The SMILES string of the molecule is CS(=O)(=O)N1CCC(Nc2nc(-c3c[nH]c4ncccc34)ncc2F)(C(=O)NCC(F)(F)F)CC1. The highest BCUT2D eigenvalue weighted by Crippen LogP contribution is 2.31. The number of carbonyl (C=O) groups is 1. The van der Waals surface area contributed by atoms with E-state index in [1.807, 2.05) is 5.32 Å². The summed E-state index contributed by atoms with van der Waals surface area (Å²) in [6, 6.07) is 3.44. The number of carbonyl (C=O) groups excluding carboxylic acids is 1. The number of H-pyrrole nitrogens is 1. The molecule has 1 aliphatic heterocycles. The Bertz CT molecular complexity index is 1350. The molecule has 3 N–H and O–H groups in total. The van der Waals surface area contributed by atoms with Gasteiger partial charge in [-0.15, -0.1) is 0 Å². The zero-order valence-corrected chi connectivity index (χ0v) is 19.2. The number of piperidine rings is 1. The van der Waals surface area contributed by atoms with E-state index in [1.165, 1.54) is 0 Å². The maximum Gasteiger partial charge on any atom is 0.405 e. The smallest absolute Gasteiger partial charge is 0.353 e. The van der Waals surface area contributed by atoms with Crippen LogP contribution in [0.5, 0.6) is 0 Å². The Hall–Kier alpha value is -3.33. The van der Waals surface area contributed by atoms with Gasteiger partial charge in [0.25, 0.3) is 0 Å². The van der Waals surface area contributed by atoms with E-state index in [0.29, 0.717) is 16.6 Å². The van der Waals surface area contributed by atoms with Gasteiger partial charge in [0.05, 0.1) is 12.5 Å². The van der Waals surface area contributed by atoms with Crippen molar-refractivity contribution >= 4 is 32.8 Å². The number of rotatable bonds is 6. The van der Waals surface area contributed by atoms with E-state index in [2.05, 4.69) is 25.3 Å². The number of anilines is 1. The van der Waals surface area contributed by atoms with Crippen LogP contribution in [0.1, 0.15) is 12.8 Å². The number of aromatic amines is 1. The van der Waals surface area contributed by atoms with Gasteiger partial charge in [0, 0.05) is 36.4 Å². The highest BCUT2D eigenvalue weighted by molar-refractivity contribution is 7.88. The first-order chi connectivity index (χ1) is 16.4. The highest BCUT2D eigenvalue weighted by atomic mass is 32.2. The molecule has 188 valence electrons. The minimum atomic E-state index is -4.67. The van der Waals surface area contributed by atoms with Crippen LogP contribution in [0.25, 0.3) is 22.4 Å². The molecule has 10 nitrogen and oxygen atoms in total. The van der Waals surface area contributed by atoms with Crippen LogP contribution in [0.3, 0.4) is 0 Å². The normalized spacial score (nSPS) is 16.8. The van der Waals surface area contributed by atoms with E-state index in [-0.39, 0.29) is 31.8 Å². The van der Waals surface area contributed by atoms with E-state index in [1.54, 1.807) is 24.5 Å². The topological polar surface area (TPSA) is 133 Å². The average Bonchev–Trinajstić information content (AvgIpc) is 3.22. The van der Waals surface area contributed by atoms with Crippen molar-refractivity contribution in [3.05, 3.63) is 36.5 Å². The second-order valence-electron chi connectivity index (χ2n) is 8.16. The minimum Gasteiger partial charge on any atom is -0.353 e. The molecule has 0 spiro atoms. The van der Waals surface area contributed by atoms with Gasteiger partial charge in [0.1, 0.15) is 17.7 Å². The van der Waals surface area contributed by atoms with Crippen LogP contribution in [-0.2, 0) is 14.8 Å². The first-order valence-electron chi connectivity index (χ1n) is 10.4. The van der Waals surface area contributed by atoms with Gasteiger partial charge >= 0.3 is 6.18 Å². The lowest BCUT2D eigenvalue weighted by Gasteiger charge is -2.40. The number of fused-ring (bicyclic) bond motifs is 1. The summed E-state index contributed by atoms with van der Waals surface area (Å²) in [6.45, 7) is -1.90. The maximum atomic E-state index is 14.7. The quantitative estimate of drug-likeness (QED) is 0.428. The highest BCUT2D eigenvalue weighted by Gasteiger charge is 2.45. The van der Waals surface area contributed by atoms with Crippen LogP contribution < -0.4 is 10.6 Å². The number of pyridine rings is 1. The Labute approximate surface area is 197 Å². The molecule has 0 unspecified atom stereocenters. The van der Waals surface area contributed by atoms with Gasteiger partial charge in [-0.25, -0.2) is 32.1 Å². The van der Waals surface area contributed by atoms with E-state index in [4.69, 9.17) is 0 Å². The molecule has 0 aliphatic carbocycles. The van der Waals surface area contributed by atoms with E-state index in [9.17, 15) is 30.8 Å². The number of nitrogens with one attached hydrogen (secondary N) is 3. The van der Waals surface area contributed by atoms with Crippen LogP contribution in [0.2, 0.25) is 0 Å². The van der Waals surface area contributed by atoms with Crippen molar-refractivity contribution in [3.63, 3.8) is 0 Å². The third-order valence-electron chi connectivity index (χ3n) is 5.72. The van der Waals surface area contributed by atoms with Gasteiger partial charge in [0.15, 0.2) is 17.5 Å². The van der Waals surface area contributed by atoms with E-state index < -0.39 is 45.8 Å². The summed E-state index contributed by atoms with van der Waals surface area (Å²) in [7, 11) is -3.59. The number of nitrogens with zero attached hydrogens (tertiary/aromatic N) is 4. The number of aromatic nitrogens is 4. The van der Waals surface area contributed by atoms with Crippen LogP contribution in [-0.4, -0.2) is 76.2 Å². The molecule has 1 aliphatic rings. The fourth-order valence-corrected chi connectivity index (χ4v) is 4.76. The first kappa shape index (κ1) is 24.8. The Morgan fingerprint density at radius 2 is 1.97 bits per heavy atom. The standard InChI is InChI=1S/C20H21F4N7O3S/c1-35(33,34)31-7-4-19(5-8-31,18(32)28-11-20(22,23)24)30-17-14(21)10-27-16(29-17)13-9-26-15-12(13)3-2-6-25-15/h2-3,6,9-10H,4-5,7-8,11H2,1H3,(H,25,26)(H,28,32)(H,27,29,30). The summed E-state index contributed by atoms with van der Waals surface area (Å²) < 4.78 is 77.8. The molecular weight excluding hydrogens is 494 g/mol. The van der Waals surface area contributed by atoms with Crippen molar-refractivity contribution in [1.29, 1.82) is 0 Å². The Balaban J connectivity index is 1.67. The molecule has 1 saturated heterocycles. The largest absolute Gasteiger partial charge is 0.405 e. The van der Waals surface area contributed by atoms with Gasteiger partial charge in [0.2, 0.25) is 15.9 Å². The molecule has 0 bridgehead atoms. The van der Waals surface area contributed by atoms with Gasteiger partial charge in [-0.2, -0.15) is 13.2 Å². The third-order valence-corrected chi connectivity index (χ3v) is 7.03. The summed E-state index contributed by atoms with van der Waals surface area (Å²) in [5.74, 6) is -2.28. The van der Waals surface area contributed by atoms with Crippen LogP contribution in [0.15, 0.2) is 30.7 Å². The van der Waals surface area contributed by atoms with Crippen molar-refractivity contribution in [1.82, 2.24) is 29.6 Å². The summed E-state index contributed by atoms with van der Waals surface area (Å²) in [5, 5.41) is 5.14. The van der Waals surface area contributed by atoms with Crippen molar-refractivity contribution in [2.45, 2.75) is 24.6 Å². The summed E-state index contributed by atoms with van der Waals surface area (Å²) in [6.07, 6.45) is -0.0606. The summed E-state index contributed by atoms with van der Waals surface area (Å²) in [4.78, 5) is 28.2. The Morgan fingerprint density at radius 3 is 2.63 bits per heavy atom. The Morgan fingerprint density at radius 1 is 1.26 bits per heavy atom. The van der Waals surface area contributed by atoms with Gasteiger partial charge in [-0.3, -0.25) is 4.79 Å². The van der Waals surface area contributed by atoms with Crippen molar-refractivity contribution in [2.75, 3.05) is 31.2 Å². The molecule has 4 heterocycles. The molecule has 0 aromatic carbocycles. The molecule has 0 atom stereocenters. The molecule has 3 aromatic heterocycles. The van der Waals surface area contributed by atoms with Gasteiger partial charge < -0.3 is 15.6 Å². The van der Waals surface area contributed by atoms with Gasteiger partial charge in [-0.1, -0.05) is 0 Å². The number of hydrogen-bond acceptors (Lipinski definition) is 7. The van der Waals surface area contributed by atoms with Crippen molar-refractivity contribution in [2.24, 2.45) is 0 Å². The monoisotopic (exact) mass is 515 g/mol. The third kappa shape index (κ3) is 5.35. The lowest BCUT2D eigenvalue weighted by atomic mass is 9.87. The van der Waals surface area contributed by atoms with Crippen molar-refractivity contribution < 1.29 is 30.8 Å². The molecule has 0 radical (unpaired) electrons. The zero-order valence-electron chi connectivity index (χ0n) is 18.4. The van der Waals surface area contributed by atoms with Crippen molar-refractivity contribution in [3.8, 4) is 11.4 Å².